The maximum atomic E-state index is 13.1. The maximum absolute atomic E-state index is 13.1. The largest absolute Gasteiger partial charge is 0.416 e. The van der Waals surface area contributed by atoms with Gasteiger partial charge in [0.2, 0.25) is 17.8 Å². The van der Waals surface area contributed by atoms with Crippen LogP contribution in [0.1, 0.15) is 42.6 Å². The predicted octanol–water partition coefficient (Wildman–Crippen LogP) is 3.55. The average molecular weight is 436 g/mol. The Morgan fingerprint density at radius 2 is 1.77 bits per heavy atom. The van der Waals surface area contributed by atoms with Gasteiger partial charge in [0.1, 0.15) is 5.82 Å². The molecule has 2 aromatic rings. The van der Waals surface area contributed by atoms with Crippen molar-refractivity contribution in [2.24, 2.45) is 5.92 Å². The van der Waals surface area contributed by atoms with Crippen molar-refractivity contribution < 1.29 is 18.0 Å². The second-order valence-corrected chi connectivity index (χ2v) is 7.97. The molecule has 0 saturated heterocycles. The number of anilines is 2. The smallest absolute Gasteiger partial charge is 0.352 e. The van der Waals surface area contributed by atoms with Crippen LogP contribution in [0.5, 0.6) is 0 Å². The van der Waals surface area contributed by atoms with E-state index in [-0.39, 0.29) is 30.0 Å². The molecule has 1 amide bonds. The van der Waals surface area contributed by atoms with Gasteiger partial charge in [0, 0.05) is 32.6 Å². The molecule has 1 fully saturated rings. The molecule has 168 valence electrons. The molecular formula is C21H27F3N6O. The summed E-state index contributed by atoms with van der Waals surface area (Å²) in [7, 11) is 3.71. The second kappa shape index (κ2) is 9.49. The lowest BCUT2D eigenvalue weighted by atomic mass is 9.85. The Bertz CT molecular complexity index is 910. The lowest BCUT2D eigenvalue weighted by Crippen LogP contribution is -2.36. The Morgan fingerprint density at radius 3 is 2.42 bits per heavy atom. The summed E-state index contributed by atoms with van der Waals surface area (Å²) in [6.45, 7) is 1.67. The lowest BCUT2D eigenvalue weighted by molar-refractivity contribution is -0.138. The molecule has 31 heavy (non-hydrogen) atoms. The van der Waals surface area contributed by atoms with E-state index in [9.17, 15) is 18.0 Å². The topological polar surface area (TPSA) is 83.0 Å². The zero-order chi connectivity index (χ0) is 22.6. The van der Waals surface area contributed by atoms with E-state index in [4.69, 9.17) is 0 Å². The third-order valence-corrected chi connectivity index (χ3v) is 5.34. The zero-order valence-corrected chi connectivity index (χ0v) is 17.8. The van der Waals surface area contributed by atoms with Crippen LogP contribution in [0.15, 0.2) is 24.3 Å². The Hall–Kier alpha value is -2.91. The van der Waals surface area contributed by atoms with E-state index in [2.05, 4.69) is 25.6 Å². The summed E-state index contributed by atoms with van der Waals surface area (Å²) in [6, 6.07) is 5.44. The van der Waals surface area contributed by atoms with Crippen molar-refractivity contribution >= 4 is 17.8 Å². The summed E-state index contributed by atoms with van der Waals surface area (Å²) in [5.74, 6) is 1.28. The highest BCUT2D eigenvalue weighted by Crippen LogP contribution is 2.32. The Morgan fingerprint density at radius 1 is 1.10 bits per heavy atom. The summed E-state index contributed by atoms with van der Waals surface area (Å²) < 4.78 is 39.3. The van der Waals surface area contributed by atoms with Gasteiger partial charge >= 0.3 is 6.18 Å². The number of amides is 1. The van der Waals surface area contributed by atoms with Crippen molar-refractivity contribution in [1.82, 2.24) is 20.3 Å². The molecule has 1 aliphatic carbocycles. The average Bonchev–Trinajstić information content (AvgIpc) is 2.71. The van der Waals surface area contributed by atoms with Gasteiger partial charge in [-0.1, -0.05) is 18.2 Å². The number of carbonyl (C=O) groups is 1. The van der Waals surface area contributed by atoms with E-state index in [0.29, 0.717) is 30.6 Å². The number of benzene rings is 1. The minimum Gasteiger partial charge on any atom is -0.352 e. The summed E-state index contributed by atoms with van der Waals surface area (Å²) in [4.78, 5) is 27.3. The van der Waals surface area contributed by atoms with Crippen molar-refractivity contribution in [3.8, 4) is 0 Å². The Balaban J connectivity index is 1.52. The molecule has 0 spiro atoms. The standard InChI is InChI=1S/C21H27F3N6O/c1-13-26-19(29-20(27-13)30(2)3)28-16-10-8-14(9-11-16)18(31)25-12-15-6-4-5-7-17(15)21(22,23)24/h4-7,14,16H,8-12H2,1-3H3,(H,25,31)(H,26,27,28,29)/t14-,16+. The highest BCUT2D eigenvalue weighted by atomic mass is 19.4. The maximum Gasteiger partial charge on any atom is 0.416 e. The molecule has 2 N–H and O–H groups in total. The van der Waals surface area contributed by atoms with Crippen LogP contribution in [0, 0.1) is 12.8 Å². The van der Waals surface area contributed by atoms with E-state index in [0.717, 1.165) is 18.9 Å². The van der Waals surface area contributed by atoms with Gasteiger partial charge in [-0.25, -0.2) is 0 Å². The SMILES string of the molecule is Cc1nc(N[C@H]2CC[C@@H](C(=O)NCc3ccccc3C(F)(F)F)CC2)nc(N(C)C)n1. The van der Waals surface area contributed by atoms with Gasteiger partial charge in [-0.15, -0.1) is 0 Å². The first-order chi connectivity index (χ1) is 14.6. The fourth-order valence-corrected chi connectivity index (χ4v) is 3.69. The minimum atomic E-state index is -4.44. The molecule has 1 aliphatic rings. The fourth-order valence-electron chi connectivity index (χ4n) is 3.69. The van der Waals surface area contributed by atoms with E-state index in [1.807, 2.05) is 14.1 Å². The molecule has 0 aliphatic heterocycles. The van der Waals surface area contributed by atoms with E-state index < -0.39 is 11.7 Å². The molecule has 1 saturated carbocycles. The molecule has 1 aromatic heterocycles. The number of aryl methyl sites for hydroxylation is 1. The van der Waals surface area contributed by atoms with Crippen LogP contribution in [0.2, 0.25) is 0 Å². The number of alkyl halides is 3. The third kappa shape index (κ3) is 6.05. The van der Waals surface area contributed by atoms with Crippen molar-refractivity contribution in [2.75, 3.05) is 24.3 Å². The first-order valence-electron chi connectivity index (χ1n) is 10.2. The van der Waals surface area contributed by atoms with Crippen LogP contribution in [-0.4, -0.2) is 41.0 Å². The second-order valence-electron chi connectivity index (χ2n) is 7.97. The van der Waals surface area contributed by atoms with Crippen LogP contribution in [0.3, 0.4) is 0 Å². The molecule has 1 aromatic carbocycles. The van der Waals surface area contributed by atoms with Crippen LogP contribution in [0.4, 0.5) is 25.1 Å². The van der Waals surface area contributed by atoms with Gasteiger partial charge < -0.3 is 15.5 Å². The Kier molecular flexibility index (Phi) is 6.97. The van der Waals surface area contributed by atoms with E-state index in [1.165, 1.54) is 18.2 Å². The van der Waals surface area contributed by atoms with Gasteiger partial charge in [-0.05, 0) is 44.2 Å². The first kappa shape index (κ1) is 22.8. The lowest BCUT2D eigenvalue weighted by Gasteiger charge is -2.28. The van der Waals surface area contributed by atoms with Crippen molar-refractivity contribution in [3.63, 3.8) is 0 Å². The zero-order valence-electron chi connectivity index (χ0n) is 17.8. The van der Waals surface area contributed by atoms with Crippen molar-refractivity contribution in [1.29, 1.82) is 0 Å². The van der Waals surface area contributed by atoms with Crippen LogP contribution in [-0.2, 0) is 17.5 Å². The van der Waals surface area contributed by atoms with Gasteiger partial charge in [-0.3, -0.25) is 4.79 Å². The van der Waals surface area contributed by atoms with Gasteiger partial charge in [0.05, 0.1) is 5.56 Å². The van der Waals surface area contributed by atoms with Gasteiger partial charge in [0.25, 0.3) is 0 Å². The Labute approximate surface area is 179 Å². The third-order valence-electron chi connectivity index (χ3n) is 5.34. The fraction of sp³-hybridized carbons (Fsp3) is 0.524. The van der Waals surface area contributed by atoms with Crippen LogP contribution >= 0.6 is 0 Å². The number of rotatable bonds is 6. The molecule has 0 radical (unpaired) electrons. The highest BCUT2D eigenvalue weighted by Gasteiger charge is 2.33. The van der Waals surface area contributed by atoms with Crippen LogP contribution < -0.4 is 15.5 Å². The number of nitrogens with one attached hydrogen (secondary N) is 2. The molecule has 0 unspecified atom stereocenters. The van der Waals surface area contributed by atoms with E-state index >= 15 is 0 Å². The van der Waals surface area contributed by atoms with Gasteiger partial charge in [0.15, 0.2) is 0 Å². The molecule has 7 nitrogen and oxygen atoms in total. The molecule has 0 atom stereocenters. The molecule has 3 rings (SSSR count). The summed E-state index contributed by atoms with van der Waals surface area (Å²) in [5.41, 5.74) is -0.645. The van der Waals surface area contributed by atoms with Crippen LogP contribution in [0.25, 0.3) is 0 Å². The highest BCUT2D eigenvalue weighted by molar-refractivity contribution is 5.78. The monoisotopic (exact) mass is 436 g/mol. The van der Waals surface area contributed by atoms with Crippen molar-refractivity contribution in [3.05, 3.63) is 41.2 Å². The number of hydrogen-bond acceptors (Lipinski definition) is 6. The van der Waals surface area contributed by atoms with Gasteiger partial charge in [-0.2, -0.15) is 28.1 Å². The number of halogens is 3. The quantitative estimate of drug-likeness (QED) is 0.721. The molecular weight excluding hydrogens is 409 g/mol. The normalized spacial score (nSPS) is 19.0. The number of carbonyl (C=O) groups excluding carboxylic acids is 1. The summed E-state index contributed by atoms with van der Waals surface area (Å²) in [5, 5.41) is 5.99. The van der Waals surface area contributed by atoms with Crippen molar-refractivity contribution in [2.45, 2.75) is 51.4 Å². The minimum absolute atomic E-state index is 0.0700. The van der Waals surface area contributed by atoms with E-state index in [1.54, 1.807) is 11.8 Å². The first-order valence-corrected chi connectivity index (χ1v) is 10.2. The number of hydrogen-bond donors (Lipinski definition) is 2. The number of aromatic nitrogens is 3. The summed E-state index contributed by atoms with van der Waals surface area (Å²) >= 11 is 0. The molecule has 0 bridgehead atoms. The number of nitrogens with zero attached hydrogens (tertiary/aromatic N) is 4. The summed E-state index contributed by atoms with van der Waals surface area (Å²) in [6.07, 6.45) is -1.65. The molecule has 1 heterocycles. The predicted molar refractivity (Wildman–Crippen MR) is 112 cm³/mol. The molecule has 10 heteroatoms.